The van der Waals surface area contributed by atoms with E-state index in [4.69, 9.17) is 4.74 Å². The first-order valence-electron chi connectivity index (χ1n) is 12.3. The molecule has 1 aliphatic carbocycles. The summed E-state index contributed by atoms with van der Waals surface area (Å²) in [5.74, 6) is 2.58. The molecule has 1 heteroatoms. The van der Waals surface area contributed by atoms with E-state index in [0.29, 0.717) is 12.5 Å². The Bertz CT molecular complexity index is 761. The lowest BCUT2D eigenvalue weighted by Crippen LogP contribution is -2.18. The molecule has 2 unspecified atom stereocenters. The molecule has 0 heterocycles. The van der Waals surface area contributed by atoms with Gasteiger partial charge < -0.3 is 4.74 Å². The Morgan fingerprint density at radius 3 is 2.50 bits per heavy atom. The molecule has 164 valence electrons. The highest BCUT2D eigenvalue weighted by atomic mass is 16.5. The van der Waals surface area contributed by atoms with Crippen LogP contribution in [0.4, 0.5) is 0 Å². The van der Waals surface area contributed by atoms with E-state index in [0.717, 1.165) is 11.7 Å². The van der Waals surface area contributed by atoms with Crippen molar-refractivity contribution in [3.05, 3.63) is 65.2 Å². The lowest BCUT2D eigenvalue weighted by Gasteiger charge is -2.31. The first-order valence-corrected chi connectivity index (χ1v) is 12.3. The molecule has 3 rings (SSSR count). The molecular formula is C29H42O. The van der Waals surface area contributed by atoms with Gasteiger partial charge in [0.15, 0.2) is 0 Å². The standard InChI is InChI=1S/C29H42O/c1-5-6-7-11-19-29(3,4)26-17-18-27(25-16-12-13-23(2)20-25)28(21-26)30-22-24-14-9-8-10-15-24/h8-10,14-15,17-18,21,23,25H,5-7,11-13,16,19-20,22H2,1-4H3. The summed E-state index contributed by atoms with van der Waals surface area (Å²) in [6, 6.07) is 17.7. The SMILES string of the molecule is CCCCCCC(C)(C)c1ccc(C2CCCC(C)C2)c(OCc2ccccc2)c1. The van der Waals surface area contributed by atoms with Gasteiger partial charge in [0.25, 0.3) is 0 Å². The molecular weight excluding hydrogens is 364 g/mol. The summed E-state index contributed by atoms with van der Waals surface area (Å²) < 4.78 is 6.49. The number of unbranched alkanes of at least 4 members (excludes halogenated alkanes) is 3. The first-order chi connectivity index (χ1) is 14.5. The van der Waals surface area contributed by atoms with Crippen molar-refractivity contribution in [3.8, 4) is 5.75 Å². The van der Waals surface area contributed by atoms with Crippen LogP contribution in [-0.4, -0.2) is 0 Å². The summed E-state index contributed by atoms with van der Waals surface area (Å²) in [6.45, 7) is 10.1. The number of ether oxygens (including phenoxy) is 1. The van der Waals surface area contributed by atoms with E-state index in [-0.39, 0.29) is 5.41 Å². The Morgan fingerprint density at radius 1 is 0.967 bits per heavy atom. The summed E-state index contributed by atoms with van der Waals surface area (Å²) in [7, 11) is 0. The van der Waals surface area contributed by atoms with E-state index in [1.807, 2.05) is 0 Å². The van der Waals surface area contributed by atoms with Crippen LogP contribution in [0.5, 0.6) is 5.75 Å². The van der Waals surface area contributed by atoms with Gasteiger partial charge in [0.2, 0.25) is 0 Å². The average molecular weight is 407 g/mol. The molecule has 2 atom stereocenters. The minimum absolute atomic E-state index is 0.191. The fourth-order valence-corrected chi connectivity index (χ4v) is 5.01. The van der Waals surface area contributed by atoms with Crippen molar-refractivity contribution in [2.75, 3.05) is 0 Å². The quantitative estimate of drug-likeness (QED) is 0.358. The number of benzene rings is 2. The molecule has 0 aliphatic heterocycles. The van der Waals surface area contributed by atoms with Crippen LogP contribution in [0.15, 0.2) is 48.5 Å². The van der Waals surface area contributed by atoms with Crippen molar-refractivity contribution in [1.82, 2.24) is 0 Å². The van der Waals surface area contributed by atoms with Crippen LogP contribution >= 0.6 is 0 Å². The van der Waals surface area contributed by atoms with Crippen LogP contribution in [0.25, 0.3) is 0 Å². The topological polar surface area (TPSA) is 9.23 Å². The minimum Gasteiger partial charge on any atom is -0.489 e. The van der Waals surface area contributed by atoms with Gasteiger partial charge in [0.1, 0.15) is 12.4 Å². The molecule has 0 bridgehead atoms. The zero-order valence-electron chi connectivity index (χ0n) is 19.8. The van der Waals surface area contributed by atoms with Crippen molar-refractivity contribution in [1.29, 1.82) is 0 Å². The summed E-state index contributed by atoms with van der Waals surface area (Å²) in [5, 5.41) is 0. The first kappa shape index (κ1) is 22.9. The third-order valence-electron chi connectivity index (χ3n) is 7.06. The largest absolute Gasteiger partial charge is 0.489 e. The molecule has 30 heavy (non-hydrogen) atoms. The van der Waals surface area contributed by atoms with Crippen molar-refractivity contribution in [2.24, 2.45) is 5.92 Å². The highest BCUT2D eigenvalue weighted by Gasteiger charge is 2.26. The van der Waals surface area contributed by atoms with Gasteiger partial charge in [-0.15, -0.1) is 0 Å². The highest BCUT2D eigenvalue weighted by molar-refractivity contribution is 5.43. The maximum absolute atomic E-state index is 6.49. The maximum atomic E-state index is 6.49. The van der Waals surface area contributed by atoms with Gasteiger partial charge in [0, 0.05) is 0 Å². The fourth-order valence-electron chi connectivity index (χ4n) is 5.01. The molecule has 1 fully saturated rings. The molecule has 1 saturated carbocycles. The Labute approximate surface area is 185 Å². The third-order valence-corrected chi connectivity index (χ3v) is 7.06. The zero-order valence-corrected chi connectivity index (χ0v) is 19.8. The predicted molar refractivity (Wildman–Crippen MR) is 129 cm³/mol. The maximum Gasteiger partial charge on any atom is 0.123 e. The van der Waals surface area contributed by atoms with Gasteiger partial charge in [-0.3, -0.25) is 0 Å². The Hall–Kier alpha value is -1.76. The molecule has 0 amide bonds. The summed E-state index contributed by atoms with van der Waals surface area (Å²) in [4.78, 5) is 0. The van der Waals surface area contributed by atoms with Crippen molar-refractivity contribution < 1.29 is 4.74 Å². The third kappa shape index (κ3) is 6.37. The molecule has 1 nitrogen and oxygen atoms in total. The van der Waals surface area contributed by atoms with Crippen LogP contribution in [0.3, 0.4) is 0 Å². The fraction of sp³-hybridized carbons (Fsp3) is 0.586. The van der Waals surface area contributed by atoms with E-state index >= 15 is 0 Å². The van der Waals surface area contributed by atoms with Gasteiger partial charge in [-0.25, -0.2) is 0 Å². The summed E-state index contributed by atoms with van der Waals surface area (Å²) in [6.07, 6.45) is 11.8. The van der Waals surface area contributed by atoms with Gasteiger partial charge >= 0.3 is 0 Å². The number of rotatable bonds is 10. The van der Waals surface area contributed by atoms with Crippen molar-refractivity contribution in [2.45, 2.75) is 103 Å². The molecule has 2 aromatic carbocycles. The minimum atomic E-state index is 0.191. The molecule has 0 N–H and O–H groups in total. The van der Waals surface area contributed by atoms with E-state index in [9.17, 15) is 0 Å². The number of hydrogen-bond acceptors (Lipinski definition) is 1. The van der Waals surface area contributed by atoms with E-state index in [2.05, 4.69) is 76.2 Å². The second kappa shape index (κ2) is 11.0. The molecule has 0 radical (unpaired) electrons. The van der Waals surface area contributed by atoms with Crippen LogP contribution in [0.2, 0.25) is 0 Å². The molecule has 1 aliphatic rings. The zero-order chi connectivity index (χ0) is 21.4. The van der Waals surface area contributed by atoms with Gasteiger partial charge in [-0.2, -0.15) is 0 Å². The van der Waals surface area contributed by atoms with Crippen LogP contribution in [-0.2, 0) is 12.0 Å². The van der Waals surface area contributed by atoms with Gasteiger partial charge in [-0.1, -0.05) is 109 Å². The molecule has 0 saturated heterocycles. The lowest BCUT2D eigenvalue weighted by molar-refractivity contribution is 0.288. The monoisotopic (exact) mass is 406 g/mol. The van der Waals surface area contributed by atoms with Crippen molar-refractivity contribution in [3.63, 3.8) is 0 Å². The molecule has 0 aromatic heterocycles. The summed E-state index contributed by atoms with van der Waals surface area (Å²) >= 11 is 0. The normalized spacial score (nSPS) is 19.6. The van der Waals surface area contributed by atoms with E-state index in [1.54, 1.807) is 0 Å². The smallest absolute Gasteiger partial charge is 0.123 e. The number of hydrogen-bond donors (Lipinski definition) is 0. The van der Waals surface area contributed by atoms with Crippen LogP contribution in [0.1, 0.15) is 108 Å². The summed E-state index contributed by atoms with van der Waals surface area (Å²) in [5.41, 5.74) is 4.29. The van der Waals surface area contributed by atoms with Gasteiger partial charge in [0.05, 0.1) is 0 Å². The van der Waals surface area contributed by atoms with Gasteiger partial charge in [-0.05, 0) is 59.3 Å². The molecule has 0 spiro atoms. The molecule has 2 aromatic rings. The van der Waals surface area contributed by atoms with Crippen LogP contribution in [0, 0.1) is 5.92 Å². The Kier molecular flexibility index (Phi) is 8.42. The van der Waals surface area contributed by atoms with E-state index in [1.165, 1.54) is 74.5 Å². The Balaban J connectivity index is 1.81. The van der Waals surface area contributed by atoms with E-state index < -0.39 is 0 Å². The van der Waals surface area contributed by atoms with Crippen LogP contribution < -0.4 is 4.74 Å². The predicted octanol–water partition coefficient (Wildman–Crippen LogP) is 8.81. The second-order valence-electron chi connectivity index (χ2n) is 10.2. The average Bonchev–Trinajstić information content (AvgIpc) is 2.76. The van der Waals surface area contributed by atoms with Crippen molar-refractivity contribution >= 4 is 0 Å². The Morgan fingerprint density at radius 2 is 1.77 bits per heavy atom. The second-order valence-corrected chi connectivity index (χ2v) is 10.2. The highest BCUT2D eigenvalue weighted by Crippen LogP contribution is 2.42. The lowest BCUT2D eigenvalue weighted by atomic mass is 9.76.